The Hall–Kier alpha value is -1.27. The molecule has 0 heterocycles. The normalized spacial score (nSPS) is 48.9. The van der Waals surface area contributed by atoms with Gasteiger partial charge in [0.25, 0.3) is 0 Å². The highest BCUT2D eigenvalue weighted by Crippen LogP contribution is 2.66. The van der Waals surface area contributed by atoms with Crippen LogP contribution in [0.2, 0.25) is 0 Å². The molecule has 4 aliphatic carbocycles. The summed E-state index contributed by atoms with van der Waals surface area (Å²) in [6.07, 6.45) is 17.4. The number of fused-ring (bicyclic) bond motifs is 5. The van der Waals surface area contributed by atoms with Crippen LogP contribution < -0.4 is 0 Å². The van der Waals surface area contributed by atoms with Crippen molar-refractivity contribution >= 4 is 5.71 Å². The van der Waals surface area contributed by atoms with Crippen molar-refractivity contribution in [3.63, 3.8) is 0 Å². The third kappa shape index (κ3) is 1.99. The Labute approximate surface area is 145 Å². The zero-order chi connectivity index (χ0) is 16.9. The smallest absolute Gasteiger partial charge is 0.131 e. The van der Waals surface area contributed by atoms with Crippen molar-refractivity contribution in [1.82, 2.24) is 0 Å². The minimum absolute atomic E-state index is 0.0590. The molecule has 3 nitrogen and oxygen atoms in total. The maximum absolute atomic E-state index is 11.1. The number of allylic oxidation sites excluding steroid dienone is 2. The molecule has 24 heavy (non-hydrogen) atoms. The number of terminal acetylenes is 1. The van der Waals surface area contributed by atoms with Crippen LogP contribution >= 0.6 is 0 Å². The number of hydrogen-bond acceptors (Lipinski definition) is 3. The monoisotopic (exact) mass is 327 g/mol. The van der Waals surface area contributed by atoms with Crippen molar-refractivity contribution in [3.8, 4) is 12.3 Å². The lowest BCUT2D eigenvalue weighted by Gasteiger charge is -2.56. The molecule has 4 aliphatic rings. The van der Waals surface area contributed by atoms with Crippen molar-refractivity contribution < 1.29 is 10.3 Å². The van der Waals surface area contributed by atoms with Gasteiger partial charge in [0.15, 0.2) is 0 Å². The molecule has 0 spiro atoms. The minimum Gasteiger partial charge on any atom is -0.411 e. The molecule has 0 aromatic carbocycles. The van der Waals surface area contributed by atoms with Crippen LogP contribution in [0.25, 0.3) is 0 Å². The second kappa shape index (κ2) is 5.63. The second-order valence-electron chi connectivity index (χ2n) is 8.52. The van der Waals surface area contributed by atoms with E-state index < -0.39 is 5.60 Å². The summed E-state index contributed by atoms with van der Waals surface area (Å²) in [6, 6.07) is 0. The van der Waals surface area contributed by atoms with E-state index in [0.29, 0.717) is 17.8 Å². The fourth-order valence-electron chi connectivity index (χ4n) is 7.05. The zero-order valence-electron chi connectivity index (χ0n) is 14.7. The lowest BCUT2D eigenvalue weighted by molar-refractivity contribution is -0.0989. The van der Waals surface area contributed by atoms with Crippen molar-refractivity contribution in [1.29, 1.82) is 0 Å². The van der Waals surface area contributed by atoms with Gasteiger partial charge in [0.2, 0.25) is 0 Å². The van der Waals surface area contributed by atoms with E-state index in [4.69, 9.17) is 11.6 Å². The third-order valence-electron chi connectivity index (χ3n) is 8.16. The first-order chi connectivity index (χ1) is 11.6. The maximum Gasteiger partial charge on any atom is 0.131 e. The largest absolute Gasteiger partial charge is 0.411 e. The highest BCUT2D eigenvalue weighted by atomic mass is 16.4. The molecular weight excluding hydrogens is 298 g/mol. The number of rotatable bonds is 1. The number of aliphatic hydroxyl groups is 1. The standard InChI is InChI=1S/C21H29NO2/c1-3-20-11-9-17-16-8-6-15(22-24)13-14(16)5-7-18(17)19(20)10-12-21(20,23)4-2/h2,13,16-19,23-24H,3,5-12H2,1H3/b22-15-/t16-,17+,18+,19-,20-,21-/m1/s1. The van der Waals surface area contributed by atoms with Crippen LogP contribution in [-0.4, -0.2) is 21.6 Å². The van der Waals surface area contributed by atoms with Gasteiger partial charge in [0.1, 0.15) is 5.60 Å². The summed E-state index contributed by atoms with van der Waals surface area (Å²) < 4.78 is 0. The van der Waals surface area contributed by atoms with Gasteiger partial charge < -0.3 is 10.3 Å². The summed E-state index contributed by atoms with van der Waals surface area (Å²) in [5, 5.41) is 23.7. The fourth-order valence-corrected chi connectivity index (χ4v) is 7.05. The number of nitrogens with zero attached hydrogens (tertiary/aromatic N) is 1. The Bertz CT molecular complexity index is 630. The predicted molar refractivity (Wildman–Crippen MR) is 94.7 cm³/mol. The molecule has 0 bridgehead atoms. The van der Waals surface area contributed by atoms with E-state index in [2.05, 4.69) is 24.1 Å². The van der Waals surface area contributed by atoms with Crippen LogP contribution in [0.1, 0.15) is 64.7 Å². The van der Waals surface area contributed by atoms with Crippen LogP contribution in [-0.2, 0) is 0 Å². The van der Waals surface area contributed by atoms with Gasteiger partial charge in [-0.3, -0.25) is 0 Å². The molecule has 6 atom stereocenters. The molecule has 0 aliphatic heterocycles. The highest BCUT2D eigenvalue weighted by molar-refractivity contribution is 5.96. The summed E-state index contributed by atoms with van der Waals surface area (Å²) in [4.78, 5) is 0. The van der Waals surface area contributed by atoms with E-state index in [1.165, 1.54) is 18.4 Å². The van der Waals surface area contributed by atoms with Crippen LogP contribution in [0.3, 0.4) is 0 Å². The molecule has 0 saturated heterocycles. The molecule has 3 saturated carbocycles. The van der Waals surface area contributed by atoms with Crippen LogP contribution in [0.15, 0.2) is 16.8 Å². The molecular formula is C21H29NO2. The van der Waals surface area contributed by atoms with Gasteiger partial charge in [0, 0.05) is 5.41 Å². The summed E-state index contributed by atoms with van der Waals surface area (Å²) in [5.74, 6) is 5.47. The number of hydrogen-bond donors (Lipinski definition) is 2. The highest BCUT2D eigenvalue weighted by Gasteiger charge is 2.63. The molecule has 130 valence electrons. The quantitative estimate of drug-likeness (QED) is 0.432. The summed E-state index contributed by atoms with van der Waals surface area (Å²) in [7, 11) is 0. The van der Waals surface area contributed by atoms with Gasteiger partial charge in [-0.15, -0.1) is 6.42 Å². The van der Waals surface area contributed by atoms with Gasteiger partial charge in [0.05, 0.1) is 5.71 Å². The topological polar surface area (TPSA) is 52.8 Å². The summed E-state index contributed by atoms with van der Waals surface area (Å²) >= 11 is 0. The predicted octanol–water partition coefficient (Wildman–Crippen LogP) is 4.14. The molecule has 2 N–H and O–H groups in total. The second-order valence-corrected chi connectivity index (χ2v) is 8.52. The van der Waals surface area contributed by atoms with Gasteiger partial charge in [-0.05, 0) is 87.5 Å². The lowest BCUT2D eigenvalue weighted by Crippen LogP contribution is -2.53. The Kier molecular flexibility index (Phi) is 3.80. The van der Waals surface area contributed by atoms with Crippen molar-refractivity contribution in [2.24, 2.45) is 34.2 Å². The van der Waals surface area contributed by atoms with Crippen LogP contribution in [0.4, 0.5) is 0 Å². The number of oxime groups is 1. The molecule has 0 aromatic heterocycles. The molecule has 0 radical (unpaired) electrons. The molecule has 3 fully saturated rings. The Morgan fingerprint density at radius 1 is 1.21 bits per heavy atom. The van der Waals surface area contributed by atoms with Crippen molar-refractivity contribution in [2.45, 2.75) is 70.3 Å². The van der Waals surface area contributed by atoms with Crippen LogP contribution in [0, 0.1) is 41.4 Å². The van der Waals surface area contributed by atoms with Crippen molar-refractivity contribution in [3.05, 3.63) is 11.6 Å². The first kappa shape index (κ1) is 16.2. The molecule has 0 unspecified atom stereocenters. The van der Waals surface area contributed by atoms with Gasteiger partial charge >= 0.3 is 0 Å². The maximum atomic E-state index is 11.1. The van der Waals surface area contributed by atoms with E-state index in [-0.39, 0.29) is 5.41 Å². The summed E-state index contributed by atoms with van der Waals surface area (Å²) in [5.41, 5.74) is 1.40. The minimum atomic E-state index is -0.892. The van der Waals surface area contributed by atoms with Crippen LogP contribution in [0.5, 0.6) is 0 Å². The lowest BCUT2D eigenvalue weighted by atomic mass is 9.49. The van der Waals surface area contributed by atoms with Crippen molar-refractivity contribution in [2.75, 3.05) is 0 Å². The first-order valence-electron chi connectivity index (χ1n) is 9.70. The summed E-state index contributed by atoms with van der Waals surface area (Å²) in [6.45, 7) is 2.22. The molecule has 0 amide bonds. The third-order valence-corrected chi connectivity index (χ3v) is 8.16. The Morgan fingerprint density at radius 2 is 2.04 bits per heavy atom. The van der Waals surface area contributed by atoms with E-state index in [1.807, 2.05) is 0 Å². The van der Waals surface area contributed by atoms with Gasteiger partial charge in [-0.1, -0.05) is 23.6 Å². The van der Waals surface area contributed by atoms with E-state index >= 15 is 0 Å². The van der Waals surface area contributed by atoms with E-state index in [0.717, 1.165) is 56.6 Å². The van der Waals surface area contributed by atoms with E-state index in [1.54, 1.807) is 0 Å². The molecule has 3 heteroatoms. The van der Waals surface area contributed by atoms with E-state index in [9.17, 15) is 5.11 Å². The van der Waals surface area contributed by atoms with Gasteiger partial charge in [-0.2, -0.15) is 0 Å². The zero-order valence-corrected chi connectivity index (χ0v) is 14.7. The average Bonchev–Trinajstić information content (AvgIpc) is 2.94. The average molecular weight is 327 g/mol. The Balaban J connectivity index is 1.65. The van der Waals surface area contributed by atoms with Gasteiger partial charge in [-0.25, -0.2) is 0 Å². The molecule has 4 rings (SSSR count). The SMILES string of the molecule is C#C[C@@]1(O)CC[C@@H]2[C@H]3CCC4=C/C(=N\O)CC[C@H]4[C@@H]3CC[C@]21CC. The first-order valence-corrected chi connectivity index (χ1v) is 9.70. The Morgan fingerprint density at radius 3 is 2.75 bits per heavy atom. The molecule has 0 aromatic rings. The fraction of sp³-hybridized carbons (Fsp3) is 0.762.